The van der Waals surface area contributed by atoms with Gasteiger partial charge in [-0.1, -0.05) is 11.6 Å². The van der Waals surface area contributed by atoms with Gasteiger partial charge in [0.15, 0.2) is 0 Å². The smallest absolute Gasteiger partial charge is 0.406 e. The third-order valence-corrected chi connectivity index (χ3v) is 2.80. The minimum Gasteiger partial charge on any atom is -0.406 e. The largest absolute Gasteiger partial charge is 0.573 e. The zero-order valence-corrected chi connectivity index (χ0v) is 11.2. The molecule has 0 saturated heterocycles. The molecule has 0 aliphatic carbocycles. The summed E-state index contributed by atoms with van der Waals surface area (Å²) in [5, 5.41) is -0.0579. The zero-order chi connectivity index (χ0) is 16.5. The van der Waals surface area contributed by atoms with Gasteiger partial charge in [0.25, 0.3) is 0 Å². The van der Waals surface area contributed by atoms with Gasteiger partial charge in [-0.25, -0.2) is 4.98 Å². The fourth-order valence-electron chi connectivity index (χ4n) is 1.62. The Morgan fingerprint density at radius 2 is 1.45 bits per heavy atom. The van der Waals surface area contributed by atoms with E-state index >= 15 is 0 Å². The number of aromatic nitrogens is 1. The van der Waals surface area contributed by atoms with E-state index in [1.54, 1.807) is 0 Å². The first-order valence-corrected chi connectivity index (χ1v) is 6.04. The fraction of sp³-hybridized carbons (Fsp3) is 0.154. The van der Waals surface area contributed by atoms with Gasteiger partial charge < -0.3 is 4.74 Å². The maximum absolute atomic E-state index is 12.6. The van der Waals surface area contributed by atoms with Crippen molar-refractivity contribution in [1.29, 1.82) is 0 Å². The van der Waals surface area contributed by atoms with E-state index in [0.29, 0.717) is 6.07 Å². The van der Waals surface area contributed by atoms with Gasteiger partial charge in [0, 0.05) is 5.56 Å². The molecule has 0 amide bonds. The molecule has 2 aromatic rings. The average molecular weight is 342 g/mol. The minimum atomic E-state index is -4.85. The molecule has 0 spiro atoms. The van der Waals surface area contributed by atoms with Gasteiger partial charge >= 0.3 is 12.5 Å². The molecule has 0 N–H and O–H groups in total. The van der Waals surface area contributed by atoms with Crippen molar-refractivity contribution in [2.75, 3.05) is 0 Å². The zero-order valence-electron chi connectivity index (χ0n) is 10.5. The van der Waals surface area contributed by atoms with Crippen LogP contribution >= 0.6 is 11.6 Å². The summed E-state index contributed by atoms with van der Waals surface area (Å²) < 4.78 is 77.6. The highest BCUT2D eigenvalue weighted by molar-refractivity contribution is 6.33. The van der Waals surface area contributed by atoms with Crippen LogP contribution in [-0.4, -0.2) is 11.3 Å². The highest BCUT2D eigenvalue weighted by atomic mass is 35.5. The lowest BCUT2D eigenvalue weighted by atomic mass is 10.1. The van der Waals surface area contributed by atoms with E-state index in [4.69, 9.17) is 11.6 Å². The molecule has 0 bridgehead atoms. The SMILES string of the molecule is FC(F)(F)Oc1ccc(-c2nc(C(F)(F)F)ccc2Cl)cc1. The predicted octanol–water partition coefficient (Wildman–Crippen LogP) is 5.32. The van der Waals surface area contributed by atoms with Crippen LogP contribution in [0.3, 0.4) is 0 Å². The molecule has 1 aromatic carbocycles. The van der Waals surface area contributed by atoms with E-state index in [9.17, 15) is 26.3 Å². The van der Waals surface area contributed by atoms with Gasteiger partial charge in [-0.05, 0) is 36.4 Å². The summed E-state index contributed by atoms with van der Waals surface area (Å²) in [6.45, 7) is 0. The number of nitrogens with zero attached hydrogens (tertiary/aromatic N) is 1. The average Bonchev–Trinajstić information content (AvgIpc) is 2.37. The third-order valence-electron chi connectivity index (χ3n) is 2.50. The van der Waals surface area contributed by atoms with Gasteiger partial charge in [-0.2, -0.15) is 13.2 Å². The fourth-order valence-corrected chi connectivity index (χ4v) is 1.83. The normalized spacial score (nSPS) is 12.3. The second-order valence-corrected chi connectivity index (χ2v) is 4.50. The molecule has 2 nitrogen and oxygen atoms in total. The van der Waals surface area contributed by atoms with Crippen molar-refractivity contribution in [3.63, 3.8) is 0 Å². The van der Waals surface area contributed by atoms with E-state index in [-0.39, 0.29) is 16.3 Å². The van der Waals surface area contributed by atoms with Crippen molar-refractivity contribution in [2.24, 2.45) is 0 Å². The number of hydrogen-bond donors (Lipinski definition) is 0. The van der Waals surface area contributed by atoms with E-state index in [1.807, 2.05) is 0 Å². The summed E-state index contributed by atoms with van der Waals surface area (Å²) >= 11 is 5.79. The predicted molar refractivity (Wildman–Crippen MR) is 66.4 cm³/mol. The highest BCUT2D eigenvalue weighted by Crippen LogP contribution is 2.34. The number of rotatable bonds is 2. The molecule has 0 aliphatic rings. The number of alkyl halides is 6. The van der Waals surface area contributed by atoms with Crippen molar-refractivity contribution < 1.29 is 31.1 Å². The third kappa shape index (κ3) is 4.03. The Morgan fingerprint density at radius 3 is 1.95 bits per heavy atom. The Hall–Kier alpha value is -1.96. The lowest BCUT2D eigenvalue weighted by molar-refractivity contribution is -0.274. The summed E-state index contributed by atoms with van der Waals surface area (Å²) in [6, 6.07) is 5.92. The van der Waals surface area contributed by atoms with Crippen LogP contribution in [0.1, 0.15) is 5.69 Å². The second kappa shape index (κ2) is 5.68. The van der Waals surface area contributed by atoms with E-state index in [1.165, 1.54) is 0 Å². The Balaban J connectivity index is 2.36. The molecule has 0 saturated carbocycles. The molecule has 2 rings (SSSR count). The standard InChI is InChI=1S/C13H6ClF6NO/c14-9-5-6-10(12(15,16)17)21-11(9)7-1-3-8(4-2-7)22-13(18,19)20/h1-6H. The lowest BCUT2D eigenvalue weighted by Gasteiger charge is -2.11. The van der Waals surface area contributed by atoms with Crippen molar-refractivity contribution in [2.45, 2.75) is 12.5 Å². The molecule has 9 heteroatoms. The number of halogens is 7. The Bertz CT molecular complexity index is 666. The first-order valence-electron chi connectivity index (χ1n) is 5.66. The van der Waals surface area contributed by atoms with Crippen molar-refractivity contribution in [3.8, 4) is 17.0 Å². The molecule has 118 valence electrons. The van der Waals surface area contributed by atoms with Crippen molar-refractivity contribution in [3.05, 3.63) is 47.1 Å². The topological polar surface area (TPSA) is 22.1 Å². The van der Waals surface area contributed by atoms with Crippen LogP contribution < -0.4 is 4.74 Å². The van der Waals surface area contributed by atoms with Crippen LogP contribution in [0.2, 0.25) is 5.02 Å². The lowest BCUT2D eigenvalue weighted by Crippen LogP contribution is -2.16. The Morgan fingerprint density at radius 1 is 0.864 bits per heavy atom. The monoisotopic (exact) mass is 341 g/mol. The van der Waals surface area contributed by atoms with Crippen molar-refractivity contribution in [1.82, 2.24) is 4.98 Å². The second-order valence-electron chi connectivity index (χ2n) is 4.10. The Kier molecular flexibility index (Phi) is 4.23. The molecular formula is C13H6ClF6NO. The molecule has 0 radical (unpaired) electrons. The van der Waals surface area contributed by atoms with Crippen LogP contribution in [0.25, 0.3) is 11.3 Å². The van der Waals surface area contributed by atoms with Gasteiger partial charge in [-0.15, -0.1) is 13.2 Å². The van der Waals surface area contributed by atoms with Crippen LogP contribution in [-0.2, 0) is 6.18 Å². The van der Waals surface area contributed by atoms with Crippen molar-refractivity contribution >= 4 is 11.6 Å². The first kappa shape index (κ1) is 16.4. The summed E-state index contributed by atoms with van der Waals surface area (Å²) in [5.74, 6) is -0.501. The maximum atomic E-state index is 12.6. The number of hydrogen-bond acceptors (Lipinski definition) is 2. The quantitative estimate of drug-likeness (QED) is 0.690. The summed E-state index contributed by atoms with van der Waals surface area (Å²) in [7, 11) is 0. The summed E-state index contributed by atoms with van der Waals surface area (Å²) in [4.78, 5) is 3.40. The number of pyridine rings is 1. The summed E-state index contributed by atoms with van der Waals surface area (Å²) in [5.41, 5.74) is -1.21. The van der Waals surface area contributed by atoms with Crippen LogP contribution in [0, 0.1) is 0 Å². The van der Waals surface area contributed by atoms with E-state index in [2.05, 4.69) is 9.72 Å². The molecule has 1 heterocycles. The molecule has 0 aliphatic heterocycles. The number of benzene rings is 1. The molecule has 1 aromatic heterocycles. The van der Waals surface area contributed by atoms with Gasteiger partial charge in [0.05, 0.1) is 10.7 Å². The minimum absolute atomic E-state index is 0.0579. The molecule has 0 fully saturated rings. The Labute approximate surface area is 125 Å². The first-order chi connectivity index (χ1) is 10.1. The number of ether oxygens (including phenoxy) is 1. The van der Waals surface area contributed by atoms with Gasteiger partial charge in [0.1, 0.15) is 11.4 Å². The summed E-state index contributed by atoms with van der Waals surface area (Å²) in [6.07, 6.45) is -9.51. The molecule has 0 unspecified atom stereocenters. The van der Waals surface area contributed by atoms with Gasteiger partial charge in [0.2, 0.25) is 0 Å². The van der Waals surface area contributed by atoms with E-state index < -0.39 is 24.0 Å². The van der Waals surface area contributed by atoms with Crippen LogP contribution in [0.5, 0.6) is 5.75 Å². The molecular weight excluding hydrogens is 336 g/mol. The molecule has 0 atom stereocenters. The van der Waals surface area contributed by atoms with E-state index in [0.717, 1.165) is 30.3 Å². The van der Waals surface area contributed by atoms with Crippen LogP contribution in [0.4, 0.5) is 26.3 Å². The van der Waals surface area contributed by atoms with Crippen LogP contribution in [0.15, 0.2) is 36.4 Å². The highest BCUT2D eigenvalue weighted by Gasteiger charge is 2.33. The maximum Gasteiger partial charge on any atom is 0.573 e. The van der Waals surface area contributed by atoms with Gasteiger partial charge in [-0.3, -0.25) is 0 Å². The molecule has 22 heavy (non-hydrogen) atoms.